The number of aromatic amines is 2. The van der Waals surface area contributed by atoms with Crippen LogP contribution in [-0.2, 0) is 0 Å². The molecule has 5 nitrogen and oxygen atoms in total. The zero-order valence-electron chi connectivity index (χ0n) is 16.8. The molecule has 0 saturated carbocycles. The molecule has 6 rings (SSSR count). The van der Waals surface area contributed by atoms with Crippen LogP contribution in [0.3, 0.4) is 0 Å². The van der Waals surface area contributed by atoms with Crippen molar-refractivity contribution in [3.05, 3.63) is 91.0 Å². The first-order chi connectivity index (χ1) is 15.7. The molecule has 3 aromatic heterocycles. The number of benzene rings is 3. The van der Waals surface area contributed by atoms with Gasteiger partial charge in [-0.1, -0.05) is 18.2 Å². The summed E-state index contributed by atoms with van der Waals surface area (Å²) in [5, 5.41) is 19.4. The molecule has 0 amide bonds. The Labute approximate surface area is 182 Å². The van der Waals surface area contributed by atoms with Gasteiger partial charge in [0.2, 0.25) is 0 Å². The lowest BCUT2D eigenvalue weighted by atomic mass is 10.0. The minimum atomic E-state index is -0.477. The van der Waals surface area contributed by atoms with Gasteiger partial charge in [-0.05, 0) is 70.8 Å². The Morgan fingerprint density at radius 2 is 1.62 bits per heavy atom. The highest BCUT2D eigenvalue weighted by Gasteiger charge is 2.15. The minimum absolute atomic E-state index is 0.102. The second-order valence-corrected chi connectivity index (χ2v) is 7.72. The third-order valence-electron chi connectivity index (χ3n) is 5.69. The van der Waals surface area contributed by atoms with Crippen molar-refractivity contribution in [2.75, 3.05) is 0 Å². The molecule has 6 aromatic rings. The maximum atomic E-state index is 13.9. The number of hydrogen-bond donors (Lipinski definition) is 3. The number of aromatic nitrogens is 4. The number of halogens is 1. The lowest BCUT2D eigenvalue weighted by molar-refractivity contribution is 0.469. The fraction of sp³-hybridized carbons (Fsp3) is 0. The van der Waals surface area contributed by atoms with Crippen molar-refractivity contribution in [1.82, 2.24) is 20.2 Å². The van der Waals surface area contributed by atoms with Crippen molar-refractivity contribution in [2.24, 2.45) is 0 Å². The van der Waals surface area contributed by atoms with Crippen LogP contribution in [0.5, 0.6) is 5.75 Å². The number of rotatable bonds is 3. The molecule has 0 fully saturated rings. The van der Waals surface area contributed by atoms with Crippen molar-refractivity contribution in [1.29, 1.82) is 0 Å². The van der Waals surface area contributed by atoms with E-state index in [1.807, 2.05) is 42.5 Å². The Morgan fingerprint density at radius 3 is 2.47 bits per heavy atom. The van der Waals surface area contributed by atoms with Gasteiger partial charge in [-0.2, -0.15) is 5.10 Å². The van der Waals surface area contributed by atoms with E-state index in [1.165, 1.54) is 6.07 Å². The van der Waals surface area contributed by atoms with Crippen molar-refractivity contribution in [3.63, 3.8) is 0 Å². The Balaban J connectivity index is 1.52. The Morgan fingerprint density at radius 1 is 0.750 bits per heavy atom. The standard InChI is InChI=1S/C26H17FN4O/c27-18-10-17(11-19(32)13-18)20-2-1-3-23-21(20)14-25(29-23)26-22-12-16(4-5-24(22)30-31-26)15-6-8-28-9-7-15/h1-14,29,32H,(H,30,31). The Bertz CT molecular complexity index is 1580. The molecule has 3 aromatic carbocycles. The summed E-state index contributed by atoms with van der Waals surface area (Å²) in [5.74, 6) is -0.579. The van der Waals surface area contributed by atoms with Crippen LogP contribution in [0, 0.1) is 5.82 Å². The van der Waals surface area contributed by atoms with Crippen LogP contribution in [0.1, 0.15) is 0 Å². The molecule has 0 radical (unpaired) electrons. The van der Waals surface area contributed by atoms with Gasteiger partial charge < -0.3 is 10.1 Å². The number of nitrogens with zero attached hydrogens (tertiary/aromatic N) is 2. The molecule has 0 atom stereocenters. The summed E-state index contributed by atoms with van der Waals surface area (Å²) in [6.45, 7) is 0. The molecular formula is C26H17FN4O. The van der Waals surface area contributed by atoms with Crippen LogP contribution >= 0.6 is 0 Å². The van der Waals surface area contributed by atoms with E-state index in [4.69, 9.17) is 0 Å². The summed E-state index contributed by atoms with van der Waals surface area (Å²) in [7, 11) is 0. The number of H-pyrrole nitrogens is 2. The van der Waals surface area contributed by atoms with Gasteiger partial charge in [-0.25, -0.2) is 4.39 Å². The van der Waals surface area contributed by atoms with Gasteiger partial charge in [0.05, 0.1) is 11.2 Å². The third-order valence-corrected chi connectivity index (χ3v) is 5.69. The summed E-state index contributed by atoms with van der Waals surface area (Å²) < 4.78 is 13.9. The third kappa shape index (κ3) is 3.01. The van der Waals surface area contributed by atoms with Gasteiger partial charge in [-0.15, -0.1) is 0 Å². The van der Waals surface area contributed by atoms with E-state index in [1.54, 1.807) is 18.5 Å². The lowest BCUT2D eigenvalue weighted by Gasteiger charge is -2.05. The molecule has 0 aliphatic rings. The molecule has 0 bridgehead atoms. The molecule has 0 spiro atoms. The van der Waals surface area contributed by atoms with Crippen molar-refractivity contribution < 1.29 is 9.50 Å². The van der Waals surface area contributed by atoms with E-state index < -0.39 is 5.82 Å². The molecule has 3 N–H and O–H groups in total. The van der Waals surface area contributed by atoms with Crippen LogP contribution < -0.4 is 0 Å². The molecule has 0 unspecified atom stereocenters. The summed E-state index contributed by atoms with van der Waals surface area (Å²) in [6.07, 6.45) is 3.55. The number of aromatic hydroxyl groups is 1. The van der Waals surface area contributed by atoms with Gasteiger partial charge in [0.15, 0.2) is 0 Å². The number of hydrogen-bond acceptors (Lipinski definition) is 3. The largest absolute Gasteiger partial charge is 0.508 e. The molecule has 6 heteroatoms. The van der Waals surface area contributed by atoms with Gasteiger partial charge >= 0.3 is 0 Å². The molecular weight excluding hydrogens is 403 g/mol. The SMILES string of the molecule is Oc1cc(F)cc(-c2cccc3[nH]c(-c4n[nH]c5ccc(-c6ccncc6)cc45)cc23)c1. The Hall–Kier alpha value is -4.45. The highest BCUT2D eigenvalue weighted by atomic mass is 19.1. The molecule has 154 valence electrons. The zero-order chi connectivity index (χ0) is 21.7. The van der Waals surface area contributed by atoms with Crippen LogP contribution in [0.4, 0.5) is 4.39 Å². The minimum Gasteiger partial charge on any atom is -0.508 e. The monoisotopic (exact) mass is 420 g/mol. The second-order valence-electron chi connectivity index (χ2n) is 7.72. The number of phenolic OH excluding ortho intramolecular Hbond substituents is 1. The number of phenols is 1. The molecule has 3 heterocycles. The summed E-state index contributed by atoms with van der Waals surface area (Å²) in [6, 6.07) is 22.0. The molecule has 0 aliphatic heterocycles. The highest BCUT2D eigenvalue weighted by Crippen LogP contribution is 2.36. The van der Waals surface area contributed by atoms with Crippen molar-refractivity contribution >= 4 is 21.8 Å². The molecule has 32 heavy (non-hydrogen) atoms. The van der Waals surface area contributed by atoms with Gasteiger partial charge in [-0.3, -0.25) is 10.1 Å². The first kappa shape index (κ1) is 18.3. The fourth-order valence-corrected chi connectivity index (χ4v) is 4.21. The van der Waals surface area contributed by atoms with Gasteiger partial charge in [0, 0.05) is 34.7 Å². The molecule has 0 saturated heterocycles. The number of pyridine rings is 1. The van der Waals surface area contributed by atoms with E-state index in [9.17, 15) is 9.50 Å². The zero-order valence-corrected chi connectivity index (χ0v) is 16.8. The van der Waals surface area contributed by atoms with Crippen molar-refractivity contribution in [2.45, 2.75) is 0 Å². The lowest BCUT2D eigenvalue weighted by Crippen LogP contribution is -1.82. The predicted octanol–water partition coefficient (Wildman–Crippen LogP) is 6.28. The van der Waals surface area contributed by atoms with E-state index in [0.717, 1.165) is 56.0 Å². The number of nitrogens with one attached hydrogen (secondary N) is 2. The maximum Gasteiger partial charge on any atom is 0.127 e. The average Bonchev–Trinajstić information content (AvgIpc) is 3.42. The van der Waals surface area contributed by atoms with Gasteiger partial charge in [0.1, 0.15) is 17.3 Å². The second kappa shape index (κ2) is 7.06. The normalized spacial score (nSPS) is 11.4. The van der Waals surface area contributed by atoms with E-state index in [0.29, 0.717) is 5.56 Å². The fourth-order valence-electron chi connectivity index (χ4n) is 4.21. The van der Waals surface area contributed by atoms with E-state index in [2.05, 4.69) is 32.3 Å². The summed E-state index contributed by atoms with van der Waals surface area (Å²) in [5.41, 5.74) is 7.11. The van der Waals surface area contributed by atoms with Gasteiger partial charge in [0.25, 0.3) is 0 Å². The number of fused-ring (bicyclic) bond motifs is 2. The smallest absolute Gasteiger partial charge is 0.127 e. The topological polar surface area (TPSA) is 77.6 Å². The maximum absolute atomic E-state index is 13.9. The average molecular weight is 420 g/mol. The summed E-state index contributed by atoms with van der Waals surface area (Å²) in [4.78, 5) is 7.53. The van der Waals surface area contributed by atoms with Crippen LogP contribution in [-0.4, -0.2) is 25.3 Å². The van der Waals surface area contributed by atoms with Crippen LogP contribution in [0.25, 0.3) is 55.4 Å². The van der Waals surface area contributed by atoms with Crippen molar-refractivity contribution in [3.8, 4) is 39.4 Å². The summed E-state index contributed by atoms with van der Waals surface area (Å²) >= 11 is 0. The van der Waals surface area contributed by atoms with E-state index >= 15 is 0 Å². The predicted molar refractivity (Wildman–Crippen MR) is 124 cm³/mol. The van der Waals surface area contributed by atoms with E-state index in [-0.39, 0.29) is 5.75 Å². The Kier molecular flexibility index (Phi) is 4.04. The first-order valence-electron chi connectivity index (χ1n) is 10.2. The highest BCUT2D eigenvalue weighted by molar-refractivity contribution is 6.02. The molecule has 0 aliphatic carbocycles. The first-order valence-corrected chi connectivity index (χ1v) is 10.2. The van der Waals surface area contributed by atoms with Crippen LogP contribution in [0.15, 0.2) is 85.2 Å². The quantitative estimate of drug-likeness (QED) is 0.315. The van der Waals surface area contributed by atoms with Crippen LogP contribution in [0.2, 0.25) is 0 Å².